The smallest absolute Gasteiger partial charge is 0.409 e. The molecule has 8 nitrogen and oxygen atoms in total. The van der Waals surface area contributed by atoms with Crippen LogP contribution in [0.3, 0.4) is 0 Å². The minimum absolute atomic E-state index is 0.227. The summed E-state index contributed by atoms with van der Waals surface area (Å²) in [7, 11) is 1.65. The van der Waals surface area contributed by atoms with Gasteiger partial charge in [-0.15, -0.1) is 10.2 Å². The van der Waals surface area contributed by atoms with E-state index >= 15 is 0 Å². The Bertz CT molecular complexity index is 1040. The number of cyclic esters (lactones) is 1. The molecular formula is C23H26N4O4S. The highest BCUT2D eigenvalue weighted by Gasteiger charge is 2.21. The van der Waals surface area contributed by atoms with E-state index in [-0.39, 0.29) is 6.09 Å². The molecule has 2 aromatic carbocycles. The van der Waals surface area contributed by atoms with Crippen molar-refractivity contribution in [2.75, 3.05) is 39.2 Å². The summed E-state index contributed by atoms with van der Waals surface area (Å²) in [5.74, 6) is 3.17. The molecule has 0 saturated carbocycles. The van der Waals surface area contributed by atoms with Crippen molar-refractivity contribution < 1.29 is 19.0 Å². The lowest BCUT2D eigenvalue weighted by atomic mass is 10.2. The summed E-state index contributed by atoms with van der Waals surface area (Å²) in [6.07, 6.45) is 0.614. The number of nitrogens with zero attached hydrogens (tertiary/aromatic N) is 4. The van der Waals surface area contributed by atoms with Crippen LogP contribution >= 0.6 is 11.8 Å². The molecule has 2 heterocycles. The van der Waals surface area contributed by atoms with Crippen LogP contribution in [-0.2, 0) is 4.74 Å². The molecule has 1 saturated heterocycles. The molecular weight excluding hydrogens is 428 g/mol. The molecule has 9 heteroatoms. The monoisotopic (exact) mass is 454 g/mol. The van der Waals surface area contributed by atoms with Crippen LogP contribution in [0.4, 0.5) is 4.79 Å². The second kappa shape index (κ2) is 10.4. The van der Waals surface area contributed by atoms with E-state index in [4.69, 9.17) is 14.2 Å². The van der Waals surface area contributed by atoms with Gasteiger partial charge in [0.05, 0.1) is 20.3 Å². The molecule has 0 bridgehead atoms. The van der Waals surface area contributed by atoms with Crippen LogP contribution in [0.25, 0.3) is 17.1 Å². The molecule has 32 heavy (non-hydrogen) atoms. The first kappa shape index (κ1) is 22.0. The highest BCUT2D eigenvalue weighted by Crippen LogP contribution is 2.30. The van der Waals surface area contributed by atoms with Gasteiger partial charge in [0, 0.05) is 23.5 Å². The van der Waals surface area contributed by atoms with E-state index in [9.17, 15) is 4.79 Å². The molecule has 168 valence electrons. The molecule has 1 aliphatic rings. The molecule has 0 aliphatic carbocycles. The first-order chi connectivity index (χ1) is 15.7. The Labute approximate surface area is 191 Å². The summed E-state index contributed by atoms with van der Waals surface area (Å²) < 4.78 is 17.9. The molecule has 1 fully saturated rings. The van der Waals surface area contributed by atoms with Crippen molar-refractivity contribution in [3.05, 3.63) is 48.5 Å². The van der Waals surface area contributed by atoms with E-state index in [1.54, 1.807) is 23.8 Å². The van der Waals surface area contributed by atoms with E-state index in [2.05, 4.69) is 10.2 Å². The average molecular weight is 455 g/mol. The molecule has 0 radical (unpaired) electrons. The number of thioether (sulfide) groups is 1. The lowest BCUT2D eigenvalue weighted by molar-refractivity contribution is 0.158. The van der Waals surface area contributed by atoms with Gasteiger partial charge in [0.25, 0.3) is 0 Å². The van der Waals surface area contributed by atoms with Gasteiger partial charge in [-0.2, -0.15) is 0 Å². The van der Waals surface area contributed by atoms with E-state index in [0.29, 0.717) is 26.3 Å². The lowest BCUT2D eigenvalue weighted by Crippen LogP contribution is -2.25. The third kappa shape index (κ3) is 4.99. The first-order valence-electron chi connectivity index (χ1n) is 10.6. The summed E-state index contributed by atoms with van der Waals surface area (Å²) >= 11 is 1.62. The molecule has 1 aromatic heterocycles. The maximum absolute atomic E-state index is 11.6. The van der Waals surface area contributed by atoms with Gasteiger partial charge < -0.3 is 19.1 Å². The highest BCUT2D eigenvalue weighted by molar-refractivity contribution is 7.99. The number of hydrogen-bond donors (Lipinski definition) is 0. The number of hydrogen-bond acceptors (Lipinski definition) is 7. The Morgan fingerprint density at radius 1 is 1.06 bits per heavy atom. The fourth-order valence-corrected chi connectivity index (χ4v) is 4.30. The third-order valence-corrected chi connectivity index (χ3v) is 6.05. The zero-order valence-corrected chi connectivity index (χ0v) is 19.0. The molecule has 0 unspecified atom stereocenters. The summed E-state index contributed by atoms with van der Waals surface area (Å²) in [6, 6.07) is 15.7. The second-order valence-electron chi connectivity index (χ2n) is 7.10. The van der Waals surface area contributed by atoms with E-state index < -0.39 is 0 Å². The molecule has 3 aromatic rings. The van der Waals surface area contributed by atoms with Crippen molar-refractivity contribution in [3.63, 3.8) is 0 Å². The molecule has 0 atom stereocenters. The second-order valence-corrected chi connectivity index (χ2v) is 8.16. The predicted octanol–water partition coefficient (Wildman–Crippen LogP) is 4.28. The van der Waals surface area contributed by atoms with Gasteiger partial charge in [0.2, 0.25) is 0 Å². The number of rotatable bonds is 10. The number of methoxy groups -OCH3 is 1. The van der Waals surface area contributed by atoms with Crippen molar-refractivity contribution >= 4 is 17.9 Å². The number of carbonyl (C=O) groups is 1. The summed E-state index contributed by atoms with van der Waals surface area (Å²) in [5, 5.41) is 9.74. The Morgan fingerprint density at radius 3 is 2.47 bits per heavy atom. The van der Waals surface area contributed by atoms with E-state index in [0.717, 1.165) is 45.9 Å². The van der Waals surface area contributed by atoms with Crippen LogP contribution < -0.4 is 9.47 Å². The fraction of sp³-hybridized carbons (Fsp3) is 0.348. The van der Waals surface area contributed by atoms with Crippen molar-refractivity contribution in [2.45, 2.75) is 18.5 Å². The molecule has 0 spiro atoms. The minimum atomic E-state index is -0.227. The summed E-state index contributed by atoms with van der Waals surface area (Å²) in [4.78, 5) is 13.3. The fourth-order valence-electron chi connectivity index (χ4n) is 3.43. The maximum atomic E-state index is 11.6. The van der Waals surface area contributed by atoms with Crippen molar-refractivity contribution in [3.8, 4) is 28.6 Å². The van der Waals surface area contributed by atoms with Crippen LogP contribution in [-0.4, -0.2) is 64.9 Å². The molecule has 4 rings (SSSR count). The summed E-state index contributed by atoms with van der Waals surface area (Å²) in [6.45, 7) is 4.39. The van der Waals surface area contributed by atoms with Gasteiger partial charge in [-0.3, -0.25) is 4.57 Å². The molecule has 1 aliphatic heterocycles. The van der Waals surface area contributed by atoms with Gasteiger partial charge in [0.15, 0.2) is 11.0 Å². The van der Waals surface area contributed by atoms with Gasteiger partial charge in [-0.25, -0.2) is 4.79 Å². The highest BCUT2D eigenvalue weighted by atomic mass is 32.2. The van der Waals surface area contributed by atoms with Gasteiger partial charge in [0.1, 0.15) is 18.1 Å². The number of amides is 1. The van der Waals surface area contributed by atoms with Crippen molar-refractivity contribution in [1.29, 1.82) is 0 Å². The van der Waals surface area contributed by atoms with Gasteiger partial charge in [-0.05, 0) is 61.9 Å². The lowest BCUT2D eigenvalue weighted by Gasteiger charge is -2.13. The quantitative estimate of drug-likeness (QED) is 0.334. The van der Waals surface area contributed by atoms with E-state index in [1.807, 2.05) is 60.0 Å². The summed E-state index contributed by atoms with van der Waals surface area (Å²) in [5.41, 5.74) is 1.90. The Hall–Kier alpha value is -3.20. The largest absolute Gasteiger partial charge is 0.497 e. The van der Waals surface area contributed by atoms with Crippen LogP contribution in [0.5, 0.6) is 11.5 Å². The molecule has 0 N–H and O–H groups in total. The third-order valence-electron chi connectivity index (χ3n) is 5.04. The number of aromatic nitrogens is 3. The van der Waals surface area contributed by atoms with Crippen LogP contribution in [0.2, 0.25) is 0 Å². The van der Waals surface area contributed by atoms with Crippen LogP contribution in [0, 0.1) is 0 Å². The molecule has 1 amide bonds. The number of benzene rings is 2. The van der Waals surface area contributed by atoms with Gasteiger partial charge in [-0.1, -0.05) is 11.8 Å². The zero-order chi connectivity index (χ0) is 22.3. The Kier molecular flexibility index (Phi) is 7.16. The maximum Gasteiger partial charge on any atom is 0.409 e. The minimum Gasteiger partial charge on any atom is -0.497 e. The Morgan fingerprint density at radius 2 is 1.81 bits per heavy atom. The van der Waals surface area contributed by atoms with Crippen LogP contribution in [0.1, 0.15) is 13.3 Å². The first-order valence-corrected chi connectivity index (χ1v) is 11.6. The average Bonchev–Trinajstić information content (AvgIpc) is 3.43. The van der Waals surface area contributed by atoms with Crippen molar-refractivity contribution in [2.24, 2.45) is 0 Å². The SMILES string of the molecule is CCOc1ccc(-n2c(SCCCN3CCOC3=O)nnc2-c2ccc(OC)cc2)cc1. The van der Waals surface area contributed by atoms with Gasteiger partial charge >= 0.3 is 6.09 Å². The number of carbonyl (C=O) groups excluding carboxylic acids is 1. The van der Waals surface area contributed by atoms with E-state index in [1.165, 1.54) is 0 Å². The predicted molar refractivity (Wildman–Crippen MR) is 123 cm³/mol. The normalized spacial score (nSPS) is 13.3. The number of ether oxygens (including phenoxy) is 3. The standard InChI is InChI=1S/C23H26N4O4S/c1-3-30-20-11-7-18(8-12-20)27-21(17-5-9-19(29-2)10-6-17)24-25-22(27)32-16-4-13-26-14-15-31-23(26)28/h5-12H,3-4,13-16H2,1-2H3. The zero-order valence-electron chi connectivity index (χ0n) is 18.2. The Balaban J connectivity index is 1.56. The van der Waals surface area contributed by atoms with Crippen molar-refractivity contribution in [1.82, 2.24) is 19.7 Å². The van der Waals surface area contributed by atoms with Crippen LogP contribution in [0.15, 0.2) is 53.7 Å². The topological polar surface area (TPSA) is 78.7 Å².